The maximum atomic E-state index is 11.8. The molecule has 0 heterocycles. The van der Waals surface area contributed by atoms with Crippen molar-refractivity contribution >= 4 is 72.6 Å². The van der Waals surface area contributed by atoms with Crippen LogP contribution in [-0.2, 0) is 19.1 Å². The highest BCUT2D eigenvalue weighted by atomic mass is 79.9. The van der Waals surface area contributed by atoms with Crippen molar-refractivity contribution in [2.45, 2.75) is 19.3 Å². The highest BCUT2D eigenvalue weighted by molar-refractivity contribution is 9.10. The van der Waals surface area contributed by atoms with E-state index < -0.39 is 18.5 Å². The lowest BCUT2D eigenvalue weighted by Crippen LogP contribution is -2.21. The lowest BCUT2D eigenvalue weighted by molar-refractivity contribution is -0.147. The monoisotopic (exact) mass is 530 g/mol. The highest BCUT2D eigenvalue weighted by Crippen LogP contribution is 2.25. The van der Waals surface area contributed by atoms with Crippen LogP contribution in [0.5, 0.6) is 0 Å². The van der Waals surface area contributed by atoms with E-state index >= 15 is 0 Å². The van der Waals surface area contributed by atoms with Crippen molar-refractivity contribution in [3.63, 3.8) is 0 Å². The average molecular weight is 533 g/mol. The Bertz CT molecular complexity index is 860. The fourth-order valence-electron chi connectivity index (χ4n) is 2.14. The van der Waals surface area contributed by atoms with Crippen molar-refractivity contribution in [2.24, 2.45) is 0 Å². The molecule has 148 valence electrons. The van der Waals surface area contributed by atoms with Crippen LogP contribution in [0.15, 0.2) is 51.4 Å². The Morgan fingerprint density at radius 3 is 2.21 bits per heavy atom. The van der Waals surface area contributed by atoms with Gasteiger partial charge in [0, 0.05) is 33.2 Å². The predicted octanol–water partition coefficient (Wildman–Crippen LogP) is 5.16. The van der Waals surface area contributed by atoms with E-state index in [-0.39, 0.29) is 18.7 Å². The SMILES string of the molecule is O=C(CCCC(=O)OCC(=O)Nc1ccc(Br)c(Cl)c1)Nc1ccc(Br)cc1. The molecule has 2 aromatic carbocycles. The van der Waals surface area contributed by atoms with E-state index in [1.807, 2.05) is 12.1 Å². The number of amides is 2. The predicted molar refractivity (Wildman–Crippen MR) is 115 cm³/mol. The molecule has 0 fully saturated rings. The molecule has 0 saturated heterocycles. The van der Waals surface area contributed by atoms with Crippen molar-refractivity contribution in [3.8, 4) is 0 Å². The standard InChI is InChI=1S/C19H17Br2ClN2O4/c20-12-4-6-13(7-5-12)23-17(25)2-1-3-19(27)28-11-18(26)24-14-8-9-15(21)16(22)10-14/h4-10H,1-3,11H2,(H,23,25)(H,24,26). The number of hydrogen-bond acceptors (Lipinski definition) is 4. The number of anilines is 2. The smallest absolute Gasteiger partial charge is 0.306 e. The molecule has 0 bridgehead atoms. The van der Waals surface area contributed by atoms with Crippen LogP contribution in [0.4, 0.5) is 11.4 Å². The van der Waals surface area contributed by atoms with E-state index in [2.05, 4.69) is 42.5 Å². The Balaban J connectivity index is 1.63. The quantitative estimate of drug-likeness (QED) is 0.461. The molecule has 28 heavy (non-hydrogen) atoms. The first kappa shape index (κ1) is 22.4. The number of benzene rings is 2. The third-order valence-corrected chi connectivity index (χ3v) is 5.24. The Labute approximate surface area is 184 Å². The van der Waals surface area contributed by atoms with Crippen LogP contribution in [0.1, 0.15) is 19.3 Å². The normalized spacial score (nSPS) is 10.2. The second-order valence-corrected chi connectivity index (χ2v) is 7.92. The average Bonchev–Trinajstić information content (AvgIpc) is 2.65. The molecule has 0 spiro atoms. The summed E-state index contributed by atoms with van der Waals surface area (Å²) in [7, 11) is 0. The molecular formula is C19H17Br2ClN2O4. The third kappa shape index (κ3) is 8.00. The third-order valence-electron chi connectivity index (χ3n) is 3.48. The van der Waals surface area contributed by atoms with Gasteiger partial charge in [-0.2, -0.15) is 0 Å². The van der Waals surface area contributed by atoms with E-state index in [1.165, 1.54) is 0 Å². The molecule has 6 nitrogen and oxygen atoms in total. The summed E-state index contributed by atoms with van der Waals surface area (Å²) >= 11 is 12.5. The first-order valence-corrected chi connectivity index (χ1v) is 10.3. The molecule has 9 heteroatoms. The van der Waals surface area contributed by atoms with Crippen LogP contribution in [0.3, 0.4) is 0 Å². The number of nitrogens with one attached hydrogen (secondary N) is 2. The zero-order chi connectivity index (χ0) is 20.5. The van der Waals surface area contributed by atoms with Gasteiger partial charge in [-0.1, -0.05) is 27.5 Å². The van der Waals surface area contributed by atoms with Gasteiger partial charge in [-0.15, -0.1) is 0 Å². The number of ether oxygens (including phenoxy) is 1. The van der Waals surface area contributed by atoms with E-state index in [4.69, 9.17) is 16.3 Å². The van der Waals surface area contributed by atoms with E-state index in [0.717, 1.165) is 4.47 Å². The number of hydrogen-bond donors (Lipinski definition) is 2. The van der Waals surface area contributed by atoms with Crippen molar-refractivity contribution in [2.75, 3.05) is 17.2 Å². The number of rotatable bonds is 8. The Hall–Kier alpha value is -1.90. The minimum Gasteiger partial charge on any atom is -0.456 e. The van der Waals surface area contributed by atoms with Gasteiger partial charge >= 0.3 is 5.97 Å². The summed E-state index contributed by atoms with van der Waals surface area (Å²) < 4.78 is 6.54. The maximum Gasteiger partial charge on any atom is 0.306 e. The zero-order valence-electron chi connectivity index (χ0n) is 14.6. The Morgan fingerprint density at radius 2 is 1.54 bits per heavy atom. The van der Waals surface area contributed by atoms with E-state index in [1.54, 1.807) is 30.3 Å². The molecule has 0 atom stereocenters. The highest BCUT2D eigenvalue weighted by Gasteiger charge is 2.10. The number of esters is 1. The van der Waals surface area contributed by atoms with Gasteiger partial charge in [0.05, 0.1) is 5.02 Å². The minimum absolute atomic E-state index is 0.0468. The fraction of sp³-hybridized carbons (Fsp3) is 0.211. The largest absolute Gasteiger partial charge is 0.456 e. The van der Waals surface area contributed by atoms with Crippen molar-refractivity contribution < 1.29 is 19.1 Å². The molecular weight excluding hydrogens is 515 g/mol. The maximum absolute atomic E-state index is 11.8. The van der Waals surface area contributed by atoms with Crippen molar-refractivity contribution in [3.05, 3.63) is 56.4 Å². The van der Waals surface area contributed by atoms with Crippen LogP contribution in [0.25, 0.3) is 0 Å². The zero-order valence-corrected chi connectivity index (χ0v) is 18.6. The van der Waals surface area contributed by atoms with Gasteiger partial charge in [0.25, 0.3) is 5.91 Å². The van der Waals surface area contributed by atoms with Crippen LogP contribution < -0.4 is 10.6 Å². The van der Waals surface area contributed by atoms with E-state index in [9.17, 15) is 14.4 Å². The van der Waals surface area contributed by atoms with Crippen LogP contribution >= 0.6 is 43.5 Å². The van der Waals surface area contributed by atoms with E-state index in [0.29, 0.717) is 27.3 Å². The van der Waals surface area contributed by atoms with Gasteiger partial charge in [0.2, 0.25) is 5.91 Å². The number of carbonyl (C=O) groups is 3. The summed E-state index contributed by atoms with van der Waals surface area (Å²) in [5.41, 5.74) is 1.18. The molecule has 0 aliphatic rings. The number of carbonyl (C=O) groups excluding carboxylic acids is 3. The first-order valence-electron chi connectivity index (χ1n) is 8.29. The molecule has 0 unspecified atom stereocenters. The van der Waals surface area contributed by atoms with Gasteiger partial charge in [0.1, 0.15) is 0 Å². The molecule has 2 aromatic rings. The molecule has 0 saturated carbocycles. The molecule has 2 rings (SSSR count). The minimum atomic E-state index is -0.541. The lowest BCUT2D eigenvalue weighted by atomic mass is 10.2. The van der Waals surface area contributed by atoms with Gasteiger partial charge in [0.15, 0.2) is 6.61 Å². The summed E-state index contributed by atoms with van der Waals surface area (Å²) in [5.74, 6) is -1.21. The summed E-state index contributed by atoms with van der Waals surface area (Å²) in [5, 5.41) is 5.78. The van der Waals surface area contributed by atoms with Crippen molar-refractivity contribution in [1.82, 2.24) is 0 Å². The van der Waals surface area contributed by atoms with Crippen LogP contribution in [0, 0.1) is 0 Å². The number of halogens is 3. The summed E-state index contributed by atoms with van der Waals surface area (Å²) in [6.07, 6.45) is 0.547. The Kier molecular flexibility index (Phi) is 8.95. The summed E-state index contributed by atoms with van der Waals surface area (Å²) in [6, 6.07) is 12.1. The van der Waals surface area contributed by atoms with Crippen LogP contribution in [0.2, 0.25) is 5.02 Å². The second kappa shape index (κ2) is 11.2. The fourth-order valence-corrected chi connectivity index (χ4v) is 2.83. The molecule has 2 amide bonds. The topological polar surface area (TPSA) is 84.5 Å². The van der Waals surface area contributed by atoms with Gasteiger partial charge in [-0.05, 0) is 64.8 Å². The molecule has 0 aromatic heterocycles. The van der Waals surface area contributed by atoms with Gasteiger partial charge < -0.3 is 15.4 Å². The molecule has 2 N–H and O–H groups in total. The first-order chi connectivity index (χ1) is 13.3. The second-order valence-electron chi connectivity index (χ2n) is 5.75. The summed E-state index contributed by atoms with van der Waals surface area (Å²) in [4.78, 5) is 35.4. The molecule has 0 aliphatic carbocycles. The van der Waals surface area contributed by atoms with Gasteiger partial charge in [-0.3, -0.25) is 14.4 Å². The Morgan fingerprint density at radius 1 is 0.893 bits per heavy atom. The van der Waals surface area contributed by atoms with Gasteiger partial charge in [-0.25, -0.2) is 0 Å². The summed E-state index contributed by atoms with van der Waals surface area (Å²) in [6.45, 7) is -0.405. The van der Waals surface area contributed by atoms with Crippen LogP contribution in [-0.4, -0.2) is 24.4 Å². The lowest BCUT2D eigenvalue weighted by Gasteiger charge is -2.08. The van der Waals surface area contributed by atoms with Crippen molar-refractivity contribution in [1.29, 1.82) is 0 Å². The molecule has 0 aliphatic heterocycles. The molecule has 0 radical (unpaired) electrons.